The highest BCUT2D eigenvalue weighted by molar-refractivity contribution is 5.43. The highest BCUT2D eigenvalue weighted by atomic mass is 16.5. The second-order valence-electron chi connectivity index (χ2n) is 4.69. The minimum absolute atomic E-state index is 0.548. The maximum absolute atomic E-state index is 5.52. The average molecular weight is 291 g/mol. The molecule has 6 heteroatoms. The Morgan fingerprint density at radius 3 is 2.52 bits per heavy atom. The molecule has 0 aliphatic carbocycles. The second-order valence-corrected chi connectivity index (χ2v) is 4.69. The van der Waals surface area contributed by atoms with Gasteiger partial charge >= 0.3 is 6.01 Å². The molecule has 21 heavy (non-hydrogen) atoms. The first-order valence-corrected chi connectivity index (χ1v) is 6.92. The van der Waals surface area contributed by atoms with Crippen molar-refractivity contribution >= 4 is 6.01 Å². The number of ether oxygens (including phenoxy) is 2. The quantitative estimate of drug-likeness (QED) is 0.780. The van der Waals surface area contributed by atoms with Crippen LogP contribution in [-0.2, 0) is 12.8 Å². The molecule has 0 unspecified atom stereocenters. The normalized spacial score (nSPS) is 10.5. The van der Waals surface area contributed by atoms with Crippen molar-refractivity contribution in [3.05, 3.63) is 29.7 Å². The van der Waals surface area contributed by atoms with Crippen LogP contribution in [0.4, 0.5) is 6.01 Å². The molecule has 0 bridgehead atoms. The van der Waals surface area contributed by atoms with E-state index in [4.69, 9.17) is 13.9 Å². The fourth-order valence-corrected chi connectivity index (χ4v) is 1.97. The van der Waals surface area contributed by atoms with Crippen molar-refractivity contribution in [1.29, 1.82) is 0 Å². The molecule has 0 saturated carbocycles. The van der Waals surface area contributed by atoms with Crippen LogP contribution in [0.3, 0.4) is 0 Å². The summed E-state index contributed by atoms with van der Waals surface area (Å²) in [5.41, 5.74) is 1.16. The van der Waals surface area contributed by atoms with Crippen LogP contribution < -0.4 is 14.4 Å². The van der Waals surface area contributed by atoms with Crippen molar-refractivity contribution in [2.24, 2.45) is 0 Å². The minimum Gasteiger partial charge on any atom is -0.493 e. The van der Waals surface area contributed by atoms with E-state index in [1.807, 2.05) is 37.1 Å². The van der Waals surface area contributed by atoms with Gasteiger partial charge in [-0.3, -0.25) is 0 Å². The van der Waals surface area contributed by atoms with Crippen molar-refractivity contribution in [3.8, 4) is 11.5 Å². The summed E-state index contributed by atoms with van der Waals surface area (Å²) in [7, 11) is 5.21. The molecule has 0 N–H and O–H groups in total. The summed E-state index contributed by atoms with van der Waals surface area (Å²) in [4.78, 5) is 1.95. The van der Waals surface area contributed by atoms with Crippen LogP contribution in [-0.4, -0.2) is 38.0 Å². The van der Waals surface area contributed by atoms with Crippen LogP contribution in [0.5, 0.6) is 11.5 Å². The highest BCUT2D eigenvalue weighted by Gasteiger charge is 2.10. The number of aromatic nitrogens is 2. The summed E-state index contributed by atoms with van der Waals surface area (Å²) in [5, 5.41) is 7.99. The number of likely N-dealkylation sites (N-methyl/N-ethyl adjacent to an activating group) is 1. The van der Waals surface area contributed by atoms with Crippen molar-refractivity contribution in [3.63, 3.8) is 0 Å². The molecule has 0 amide bonds. The fraction of sp³-hybridized carbons (Fsp3) is 0.467. The zero-order chi connectivity index (χ0) is 15.2. The predicted octanol–water partition coefficient (Wildman–Crippen LogP) is 2.33. The second kappa shape index (κ2) is 6.97. The van der Waals surface area contributed by atoms with E-state index in [1.54, 1.807) is 14.2 Å². The molecule has 1 aromatic carbocycles. The lowest BCUT2D eigenvalue weighted by atomic mass is 10.1. The van der Waals surface area contributed by atoms with Gasteiger partial charge in [-0.2, -0.15) is 0 Å². The van der Waals surface area contributed by atoms with Crippen molar-refractivity contribution in [2.75, 3.05) is 32.7 Å². The summed E-state index contributed by atoms with van der Waals surface area (Å²) < 4.78 is 16.1. The number of rotatable bonds is 7. The third kappa shape index (κ3) is 3.65. The Morgan fingerprint density at radius 1 is 1.14 bits per heavy atom. The van der Waals surface area contributed by atoms with Gasteiger partial charge in [0, 0.05) is 20.0 Å². The number of hydrogen-bond acceptors (Lipinski definition) is 6. The monoisotopic (exact) mass is 291 g/mol. The number of hydrogen-bond donors (Lipinski definition) is 0. The maximum Gasteiger partial charge on any atom is 0.317 e. The first-order valence-electron chi connectivity index (χ1n) is 6.92. The summed E-state index contributed by atoms with van der Waals surface area (Å²) in [6.45, 7) is 2.77. The molecule has 114 valence electrons. The van der Waals surface area contributed by atoms with Crippen LogP contribution in [0.1, 0.15) is 18.4 Å². The molecular formula is C15H21N3O3. The van der Waals surface area contributed by atoms with Gasteiger partial charge in [0.2, 0.25) is 5.89 Å². The molecule has 2 rings (SSSR count). The molecule has 0 fully saturated rings. The molecular weight excluding hydrogens is 270 g/mol. The van der Waals surface area contributed by atoms with Gasteiger partial charge in [-0.1, -0.05) is 18.1 Å². The fourth-order valence-electron chi connectivity index (χ4n) is 1.97. The number of methoxy groups -OCH3 is 2. The predicted molar refractivity (Wildman–Crippen MR) is 80.2 cm³/mol. The van der Waals surface area contributed by atoms with Crippen molar-refractivity contribution in [2.45, 2.75) is 19.8 Å². The average Bonchev–Trinajstić information content (AvgIpc) is 3.01. The summed E-state index contributed by atoms with van der Waals surface area (Å²) in [5.74, 6) is 2.13. The maximum atomic E-state index is 5.52. The first-order chi connectivity index (χ1) is 10.2. The highest BCUT2D eigenvalue weighted by Crippen LogP contribution is 2.27. The van der Waals surface area contributed by atoms with Gasteiger partial charge < -0.3 is 18.8 Å². The van der Waals surface area contributed by atoms with Crippen molar-refractivity contribution < 1.29 is 13.9 Å². The summed E-state index contributed by atoms with van der Waals surface area (Å²) in [6, 6.07) is 6.47. The third-order valence-corrected chi connectivity index (χ3v) is 3.27. The van der Waals surface area contributed by atoms with E-state index in [9.17, 15) is 0 Å². The van der Waals surface area contributed by atoms with Crippen LogP contribution >= 0.6 is 0 Å². The van der Waals surface area contributed by atoms with Crippen molar-refractivity contribution in [1.82, 2.24) is 10.2 Å². The Morgan fingerprint density at radius 2 is 1.90 bits per heavy atom. The van der Waals surface area contributed by atoms with Gasteiger partial charge in [0.1, 0.15) is 0 Å². The Balaban J connectivity index is 1.99. The van der Waals surface area contributed by atoms with Crippen LogP contribution in [0.15, 0.2) is 22.6 Å². The van der Waals surface area contributed by atoms with E-state index in [0.29, 0.717) is 11.9 Å². The Bertz CT molecular complexity index is 583. The molecule has 0 spiro atoms. The summed E-state index contributed by atoms with van der Waals surface area (Å²) in [6.07, 6.45) is 1.59. The number of aryl methyl sites for hydroxylation is 1. The molecule has 1 heterocycles. The zero-order valence-electron chi connectivity index (χ0n) is 12.9. The van der Waals surface area contributed by atoms with Gasteiger partial charge in [-0.15, -0.1) is 5.10 Å². The van der Waals surface area contributed by atoms with E-state index in [-0.39, 0.29) is 0 Å². The molecule has 0 aliphatic rings. The molecule has 0 radical (unpaired) electrons. The van der Waals surface area contributed by atoms with Crippen LogP contribution in [0, 0.1) is 0 Å². The molecule has 0 aliphatic heterocycles. The first kappa shape index (κ1) is 15.2. The van der Waals surface area contributed by atoms with Gasteiger partial charge in [0.05, 0.1) is 14.2 Å². The van der Waals surface area contributed by atoms with Crippen LogP contribution in [0.25, 0.3) is 0 Å². The molecule has 6 nitrogen and oxygen atoms in total. The Hall–Kier alpha value is -2.24. The van der Waals surface area contributed by atoms with E-state index >= 15 is 0 Å². The molecule has 2 aromatic rings. The van der Waals surface area contributed by atoms with Gasteiger partial charge in [-0.25, -0.2) is 0 Å². The van der Waals surface area contributed by atoms with Crippen LogP contribution in [0.2, 0.25) is 0 Å². The SMILES string of the molecule is CCc1nnc(N(C)CCc2ccc(OC)c(OC)c2)o1. The Labute approximate surface area is 124 Å². The molecule has 0 atom stereocenters. The standard InChI is InChI=1S/C15H21N3O3/c1-5-14-16-17-15(21-14)18(2)9-8-11-6-7-12(19-3)13(10-11)20-4/h6-7,10H,5,8-9H2,1-4H3. The molecule has 0 saturated heterocycles. The lowest BCUT2D eigenvalue weighted by Gasteiger charge is -2.14. The van der Waals surface area contributed by atoms with Gasteiger partial charge in [-0.05, 0) is 24.1 Å². The van der Waals surface area contributed by atoms with E-state index < -0.39 is 0 Å². The largest absolute Gasteiger partial charge is 0.493 e. The van der Waals surface area contributed by atoms with Gasteiger partial charge in [0.15, 0.2) is 11.5 Å². The lowest BCUT2D eigenvalue weighted by molar-refractivity contribution is 0.354. The topological polar surface area (TPSA) is 60.6 Å². The minimum atomic E-state index is 0.548. The van der Waals surface area contributed by atoms with E-state index in [1.165, 1.54) is 0 Å². The lowest BCUT2D eigenvalue weighted by Crippen LogP contribution is -2.20. The molecule has 1 aromatic heterocycles. The summed E-state index contributed by atoms with van der Waals surface area (Å²) >= 11 is 0. The van der Waals surface area contributed by atoms with Gasteiger partial charge in [0.25, 0.3) is 0 Å². The number of anilines is 1. The Kier molecular flexibility index (Phi) is 5.03. The smallest absolute Gasteiger partial charge is 0.317 e. The number of nitrogens with zero attached hydrogens (tertiary/aromatic N) is 3. The van der Waals surface area contributed by atoms with E-state index in [2.05, 4.69) is 10.2 Å². The number of benzene rings is 1. The van der Waals surface area contributed by atoms with E-state index in [0.717, 1.165) is 36.4 Å². The zero-order valence-corrected chi connectivity index (χ0v) is 12.9. The third-order valence-electron chi connectivity index (χ3n) is 3.27.